The monoisotopic (exact) mass is 243 g/mol. The maximum absolute atomic E-state index is 5.22. The van der Waals surface area contributed by atoms with Gasteiger partial charge < -0.3 is 10.1 Å². The molecule has 1 aromatic carbocycles. The van der Waals surface area contributed by atoms with Crippen LogP contribution in [0.2, 0.25) is 0 Å². The molecule has 0 spiro atoms. The van der Waals surface area contributed by atoms with Crippen LogP contribution in [0.4, 0.5) is 5.69 Å². The molecule has 0 aliphatic carbocycles. The average molecular weight is 243 g/mol. The highest BCUT2D eigenvalue weighted by molar-refractivity contribution is 5.54. The van der Waals surface area contributed by atoms with Gasteiger partial charge in [-0.3, -0.25) is 0 Å². The molecule has 2 aromatic rings. The van der Waals surface area contributed by atoms with Gasteiger partial charge in [0.2, 0.25) is 0 Å². The molecule has 0 saturated carbocycles. The van der Waals surface area contributed by atoms with Crippen LogP contribution in [-0.2, 0) is 6.54 Å². The fourth-order valence-corrected chi connectivity index (χ4v) is 1.71. The quantitative estimate of drug-likeness (QED) is 0.897. The van der Waals surface area contributed by atoms with Gasteiger partial charge in [0.05, 0.1) is 19.3 Å². The number of aromatic nitrogens is 2. The molecule has 1 heterocycles. The predicted molar refractivity (Wildman–Crippen MR) is 71.8 cm³/mol. The van der Waals surface area contributed by atoms with Crippen LogP contribution < -0.4 is 10.1 Å². The molecule has 4 heteroatoms. The Kier molecular flexibility index (Phi) is 3.77. The molecule has 1 N–H and O–H groups in total. The molecule has 0 saturated heterocycles. The van der Waals surface area contributed by atoms with Crippen molar-refractivity contribution in [2.45, 2.75) is 20.4 Å². The number of hydrogen-bond acceptors (Lipinski definition) is 4. The molecule has 94 valence electrons. The maximum Gasteiger partial charge on any atom is 0.125 e. The molecule has 0 aliphatic heterocycles. The second kappa shape index (κ2) is 5.49. The third-order valence-electron chi connectivity index (χ3n) is 2.74. The molecule has 0 bridgehead atoms. The number of methoxy groups -OCH3 is 1. The molecule has 18 heavy (non-hydrogen) atoms. The van der Waals surface area contributed by atoms with Crippen molar-refractivity contribution >= 4 is 5.69 Å². The smallest absolute Gasteiger partial charge is 0.125 e. The van der Waals surface area contributed by atoms with Gasteiger partial charge >= 0.3 is 0 Å². The fraction of sp³-hybridized carbons (Fsp3) is 0.286. The Morgan fingerprint density at radius 1 is 1.22 bits per heavy atom. The van der Waals surface area contributed by atoms with Gasteiger partial charge in [-0.05, 0) is 31.5 Å². The summed E-state index contributed by atoms with van der Waals surface area (Å²) in [7, 11) is 1.67. The largest absolute Gasteiger partial charge is 0.497 e. The van der Waals surface area contributed by atoms with E-state index in [1.807, 2.05) is 31.2 Å². The number of anilines is 1. The van der Waals surface area contributed by atoms with E-state index in [0.717, 1.165) is 23.0 Å². The van der Waals surface area contributed by atoms with Crippen molar-refractivity contribution < 1.29 is 4.74 Å². The summed E-state index contributed by atoms with van der Waals surface area (Å²) >= 11 is 0. The van der Waals surface area contributed by atoms with Crippen molar-refractivity contribution in [2.24, 2.45) is 0 Å². The standard InChI is InChI=1S/C14H17N3O/c1-10-4-5-13(18-3)8-14(10)16-9-12-6-7-15-11(2)17-12/h4-8,16H,9H2,1-3H3. The summed E-state index contributed by atoms with van der Waals surface area (Å²) in [5.41, 5.74) is 3.22. The van der Waals surface area contributed by atoms with E-state index in [2.05, 4.69) is 22.2 Å². The van der Waals surface area contributed by atoms with Crippen LogP contribution >= 0.6 is 0 Å². The van der Waals surface area contributed by atoms with E-state index in [1.54, 1.807) is 13.3 Å². The number of hydrogen-bond donors (Lipinski definition) is 1. The molecule has 0 aliphatic rings. The molecule has 0 unspecified atom stereocenters. The lowest BCUT2D eigenvalue weighted by atomic mass is 10.2. The highest BCUT2D eigenvalue weighted by Gasteiger charge is 2.01. The van der Waals surface area contributed by atoms with E-state index in [1.165, 1.54) is 5.56 Å². The van der Waals surface area contributed by atoms with Crippen LogP contribution in [0.15, 0.2) is 30.5 Å². The number of benzene rings is 1. The van der Waals surface area contributed by atoms with Crippen LogP contribution in [0.5, 0.6) is 5.75 Å². The van der Waals surface area contributed by atoms with Gasteiger partial charge in [-0.15, -0.1) is 0 Å². The Morgan fingerprint density at radius 3 is 2.78 bits per heavy atom. The Bertz CT molecular complexity index is 540. The van der Waals surface area contributed by atoms with E-state index in [0.29, 0.717) is 6.54 Å². The van der Waals surface area contributed by atoms with Gasteiger partial charge in [0.25, 0.3) is 0 Å². The zero-order valence-electron chi connectivity index (χ0n) is 10.9. The lowest BCUT2D eigenvalue weighted by Crippen LogP contribution is -2.04. The van der Waals surface area contributed by atoms with E-state index < -0.39 is 0 Å². The first-order chi connectivity index (χ1) is 8.69. The van der Waals surface area contributed by atoms with Crippen LogP contribution in [0.1, 0.15) is 17.1 Å². The molecular weight excluding hydrogens is 226 g/mol. The third-order valence-corrected chi connectivity index (χ3v) is 2.74. The molecular formula is C14H17N3O. The average Bonchev–Trinajstić information content (AvgIpc) is 2.38. The van der Waals surface area contributed by atoms with E-state index >= 15 is 0 Å². The van der Waals surface area contributed by atoms with E-state index in [4.69, 9.17) is 4.74 Å². The second-order valence-electron chi connectivity index (χ2n) is 4.13. The summed E-state index contributed by atoms with van der Waals surface area (Å²) in [5.74, 6) is 1.64. The normalized spacial score (nSPS) is 10.2. The Hall–Kier alpha value is -2.10. The summed E-state index contributed by atoms with van der Waals surface area (Å²) in [6.07, 6.45) is 1.78. The van der Waals surface area contributed by atoms with Crippen LogP contribution in [0.3, 0.4) is 0 Å². The van der Waals surface area contributed by atoms with Gasteiger partial charge in [0, 0.05) is 18.0 Å². The fourth-order valence-electron chi connectivity index (χ4n) is 1.71. The summed E-state index contributed by atoms with van der Waals surface area (Å²) in [6, 6.07) is 7.89. The van der Waals surface area contributed by atoms with Crippen molar-refractivity contribution in [3.8, 4) is 5.75 Å². The predicted octanol–water partition coefficient (Wildman–Crippen LogP) is 2.71. The molecule has 0 atom stereocenters. The van der Waals surface area contributed by atoms with E-state index in [-0.39, 0.29) is 0 Å². The van der Waals surface area contributed by atoms with Gasteiger partial charge in [-0.2, -0.15) is 0 Å². The maximum atomic E-state index is 5.22. The van der Waals surface area contributed by atoms with Crippen molar-refractivity contribution in [1.29, 1.82) is 0 Å². The molecule has 2 rings (SSSR count). The van der Waals surface area contributed by atoms with Gasteiger partial charge in [0.15, 0.2) is 0 Å². The SMILES string of the molecule is COc1ccc(C)c(NCc2ccnc(C)n2)c1. The third kappa shape index (κ3) is 2.97. The summed E-state index contributed by atoms with van der Waals surface area (Å²) in [4.78, 5) is 8.44. The van der Waals surface area contributed by atoms with Crippen molar-refractivity contribution in [3.63, 3.8) is 0 Å². The number of rotatable bonds is 4. The van der Waals surface area contributed by atoms with Gasteiger partial charge in [-0.25, -0.2) is 9.97 Å². The van der Waals surface area contributed by atoms with Crippen LogP contribution in [0, 0.1) is 13.8 Å². The molecule has 4 nitrogen and oxygen atoms in total. The molecule has 0 radical (unpaired) electrons. The lowest BCUT2D eigenvalue weighted by molar-refractivity contribution is 0.415. The van der Waals surface area contributed by atoms with Crippen molar-refractivity contribution in [1.82, 2.24) is 9.97 Å². The first kappa shape index (κ1) is 12.4. The number of ether oxygens (including phenoxy) is 1. The zero-order chi connectivity index (χ0) is 13.0. The number of aryl methyl sites for hydroxylation is 2. The highest BCUT2D eigenvalue weighted by Crippen LogP contribution is 2.22. The van der Waals surface area contributed by atoms with Crippen LogP contribution in [-0.4, -0.2) is 17.1 Å². The minimum absolute atomic E-state index is 0.678. The van der Waals surface area contributed by atoms with Gasteiger partial charge in [0.1, 0.15) is 11.6 Å². The first-order valence-electron chi connectivity index (χ1n) is 5.86. The second-order valence-corrected chi connectivity index (χ2v) is 4.13. The molecule has 1 aromatic heterocycles. The minimum Gasteiger partial charge on any atom is -0.497 e. The topological polar surface area (TPSA) is 47.0 Å². The lowest BCUT2D eigenvalue weighted by Gasteiger charge is -2.11. The van der Waals surface area contributed by atoms with Gasteiger partial charge in [-0.1, -0.05) is 6.07 Å². The summed E-state index contributed by atoms with van der Waals surface area (Å²) in [5, 5.41) is 3.36. The van der Waals surface area contributed by atoms with Crippen molar-refractivity contribution in [3.05, 3.63) is 47.5 Å². The number of nitrogens with one attached hydrogen (secondary N) is 1. The molecule has 0 fully saturated rings. The Labute approximate surface area is 107 Å². The number of nitrogens with zero attached hydrogens (tertiary/aromatic N) is 2. The first-order valence-corrected chi connectivity index (χ1v) is 5.86. The van der Waals surface area contributed by atoms with E-state index in [9.17, 15) is 0 Å². The highest BCUT2D eigenvalue weighted by atomic mass is 16.5. The zero-order valence-corrected chi connectivity index (χ0v) is 10.9. The summed E-state index contributed by atoms with van der Waals surface area (Å²) in [6.45, 7) is 4.63. The molecule has 0 amide bonds. The Balaban J connectivity index is 2.10. The Morgan fingerprint density at radius 2 is 2.06 bits per heavy atom. The minimum atomic E-state index is 0.678. The summed E-state index contributed by atoms with van der Waals surface area (Å²) < 4.78 is 5.22. The van der Waals surface area contributed by atoms with Crippen LogP contribution in [0.25, 0.3) is 0 Å². The van der Waals surface area contributed by atoms with Crippen molar-refractivity contribution in [2.75, 3.05) is 12.4 Å².